The van der Waals surface area contributed by atoms with Crippen molar-refractivity contribution in [2.45, 2.75) is 20.8 Å². The lowest BCUT2D eigenvalue weighted by Crippen LogP contribution is -2.01. The number of benzene rings is 2. The van der Waals surface area contributed by atoms with Crippen molar-refractivity contribution in [2.24, 2.45) is 4.99 Å². The number of aliphatic imine (C=N–C) groups is 1. The van der Waals surface area contributed by atoms with Crippen LogP contribution >= 0.6 is 11.6 Å². The Labute approximate surface area is 164 Å². The zero-order valence-electron chi connectivity index (χ0n) is 15.8. The summed E-state index contributed by atoms with van der Waals surface area (Å²) in [6.07, 6.45) is 1.85. The van der Waals surface area contributed by atoms with Crippen molar-refractivity contribution in [1.82, 2.24) is 4.57 Å². The van der Waals surface area contributed by atoms with E-state index in [4.69, 9.17) is 16.3 Å². The van der Waals surface area contributed by atoms with Crippen LogP contribution in [-0.4, -0.2) is 23.9 Å². The first-order valence-corrected chi connectivity index (χ1v) is 8.96. The minimum atomic E-state index is -0.348. The Bertz CT molecular complexity index is 1030. The van der Waals surface area contributed by atoms with Crippen molar-refractivity contribution < 1.29 is 9.53 Å². The Kier molecular flexibility index (Phi) is 5.47. The van der Waals surface area contributed by atoms with E-state index in [-0.39, 0.29) is 5.97 Å². The number of aryl methyl sites for hydroxylation is 2. The molecule has 4 nitrogen and oxygen atoms in total. The Balaban J connectivity index is 1.93. The zero-order chi connectivity index (χ0) is 19.6. The molecule has 0 atom stereocenters. The Morgan fingerprint density at radius 2 is 1.89 bits per heavy atom. The van der Waals surface area contributed by atoms with Gasteiger partial charge < -0.3 is 9.30 Å². The van der Waals surface area contributed by atoms with Crippen molar-refractivity contribution in [3.05, 3.63) is 81.6 Å². The fraction of sp³-hybridized carbons (Fsp3) is 0.182. The van der Waals surface area contributed by atoms with Gasteiger partial charge in [-0.1, -0.05) is 17.7 Å². The second-order valence-electron chi connectivity index (χ2n) is 6.39. The molecule has 5 heteroatoms. The highest BCUT2D eigenvalue weighted by Gasteiger charge is 2.10. The van der Waals surface area contributed by atoms with E-state index in [0.29, 0.717) is 10.6 Å². The predicted molar refractivity (Wildman–Crippen MR) is 110 cm³/mol. The lowest BCUT2D eigenvalue weighted by molar-refractivity contribution is 0.0600. The Hall–Kier alpha value is -2.85. The summed E-state index contributed by atoms with van der Waals surface area (Å²) in [6.45, 7) is 6.04. The molecule has 1 heterocycles. The third-order valence-corrected chi connectivity index (χ3v) is 4.73. The van der Waals surface area contributed by atoms with Crippen LogP contribution in [0.2, 0.25) is 5.02 Å². The van der Waals surface area contributed by atoms with Gasteiger partial charge in [0.15, 0.2) is 0 Å². The smallest absolute Gasteiger partial charge is 0.337 e. The molecular weight excluding hydrogens is 360 g/mol. The van der Waals surface area contributed by atoms with Crippen LogP contribution in [-0.2, 0) is 4.74 Å². The molecule has 0 bridgehead atoms. The average molecular weight is 381 g/mol. The van der Waals surface area contributed by atoms with Gasteiger partial charge in [0.25, 0.3) is 0 Å². The minimum Gasteiger partial charge on any atom is -0.465 e. The SMILES string of the molecule is COC(=O)c1ccc(N=Cc2cc(C)n(-c3cccc(Cl)c3)c2C)c(C)c1. The fourth-order valence-corrected chi connectivity index (χ4v) is 3.30. The summed E-state index contributed by atoms with van der Waals surface area (Å²) >= 11 is 6.14. The third-order valence-electron chi connectivity index (χ3n) is 4.50. The van der Waals surface area contributed by atoms with E-state index in [1.165, 1.54) is 7.11 Å². The Morgan fingerprint density at radius 3 is 2.56 bits per heavy atom. The first-order chi connectivity index (χ1) is 12.9. The number of nitrogens with zero attached hydrogens (tertiary/aromatic N) is 2. The van der Waals surface area contributed by atoms with Gasteiger partial charge in [0.05, 0.1) is 18.4 Å². The molecule has 0 aliphatic carbocycles. The predicted octanol–water partition coefficient (Wildman–Crippen LogP) is 5.59. The highest BCUT2D eigenvalue weighted by Crippen LogP contribution is 2.24. The number of ether oxygens (including phenoxy) is 1. The van der Waals surface area contributed by atoms with E-state index < -0.39 is 0 Å². The van der Waals surface area contributed by atoms with Gasteiger partial charge in [-0.15, -0.1) is 0 Å². The molecule has 3 aromatic rings. The van der Waals surface area contributed by atoms with Crippen LogP contribution in [0.3, 0.4) is 0 Å². The van der Waals surface area contributed by atoms with Gasteiger partial charge in [-0.05, 0) is 68.8 Å². The van der Waals surface area contributed by atoms with E-state index in [2.05, 4.69) is 29.5 Å². The molecule has 0 fully saturated rings. The topological polar surface area (TPSA) is 43.6 Å². The lowest BCUT2D eigenvalue weighted by atomic mass is 10.1. The fourth-order valence-electron chi connectivity index (χ4n) is 3.12. The van der Waals surface area contributed by atoms with Gasteiger partial charge in [0, 0.05) is 33.9 Å². The van der Waals surface area contributed by atoms with Gasteiger partial charge in [0.1, 0.15) is 0 Å². The molecule has 0 radical (unpaired) electrons. The van der Waals surface area contributed by atoms with Crippen LogP contribution in [0.4, 0.5) is 5.69 Å². The summed E-state index contributed by atoms with van der Waals surface area (Å²) < 4.78 is 6.91. The molecule has 0 aliphatic rings. The second-order valence-corrected chi connectivity index (χ2v) is 6.83. The number of hydrogen-bond donors (Lipinski definition) is 0. The van der Waals surface area contributed by atoms with E-state index in [9.17, 15) is 4.79 Å². The number of aromatic nitrogens is 1. The quantitative estimate of drug-likeness (QED) is 0.437. The van der Waals surface area contributed by atoms with Crippen LogP contribution < -0.4 is 0 Å². The number of esters is 1. The Morgan fingerprint density at radius 1 is 1.11 bits per heavy atom. The van der Waals surface area contributed by atoms with Crippen molar-refractivity contribution in [3.63, 3.8) is 0 Å². The second kappa shape index (κ2) is 7.80. The molecule has 27 heavy (non-hydrogen) atoms. The molecular formula is C22H21ClN2O2. The largest absolute Gasteiger partial charge is 0.465 e. The number of hydrogen-bond acceptors (Lipinski definition) is 3. The highest BCUT2D eigenvalue weighted by atomic mass is 35.5. The van der Waals surface area contributed by atoms with Gasteiger partial charge in [-0.2, -0.15) is 0 Å². The third kappa shape index (κ3) is 3.96. The van der Waals surface area contributed by atoms with Gasteiger partial charge in [0.2, 0.25) is 0 Å². The molecule has 1 aromatic heterocycles. The van der Waals surface area contributed by atoms with Crippen molar-refractivity contribution >= 4 is 29.5 Å². The lowest BCUT2D eigenvalue weighted by Gasteiger charge is -2.09. The molecule has 0 spiro atoms. The summed E-state index contributed by atoms with van der Waals surface area (Å²) in [6, 6.07) is 15.2. The van der Waals surface area contributed by atoms with E-state index in [1.807, 2.05) is 43.5 Å². The summed E-state index contributed by atoms with van der Waals surface area (Å²) in [5, 5.41) is 0.705. The summed E-state index contributed by atoms with van der Waals surface area (Å²) in [5.74, 6) is -0.348. The summed E-state index contributed by atoms with van der Waals surface area (Å²) in [7, 11) is 1.37. The number of carbonyl (C=O) groups excluding carboxylic acids is 1. The van der Waals surface area contributed by atoms with Crippen molar-refractivity contribution in [3.8, 4) is 5.69 Å². The summed E-state index contributed by atoms with van der Waals surface area (Å²) in [4.78, 5) is 16.2. The number of carbonyl (C=O) groups is 1. The molecule has 0 N–H and O–H groups in total. The number of halogens is 1. The van der Waals surface area contributed by atoms with E-state index >= 15 is 0 Å². The molecule has 138 valence electrons. The highest BCUT2D eigenvalue weighted by molar-refractivity contribution is 6.30. The average Bonchev–Trinajstić information content (AvgIpc) is 2.93. The first-order valence-electron chi connectivity index (χ1n) is 8.58. The van der Waals surface area contributed by atoms with Crippen LogP contribution in [0.15, 0.2) is 53.5 Å². The van der Waals surface area contributed by atoms with Crippen LogP contribution in [0, 0.1) is 20.8 Å². The molecule has 0 amide bonds. The standard InChI is InChI=1S/C22H21ClN2O2/c1-14-10-17(22(26)27-4)8-9-21(14)24-13-18-11-15(2)25(16(18)3)20-7-5-6-19(23)12-20/h5-13H,1-4H3. The molecule has 0 aliphatic heterocycles. The minimum absolute atomic E-state index is 0.348. The van der Waals surface area contributed by atoms with E-state index in [0.717, 1.165) is 33.9 Å². The maximum atomic E-state index is 11.6. The normalized spacial score (nSPS) is 11.1. The van der Waals surface area contributed by atoms with Crippen LogP contribution in [0.5, 0.6) is 0 Å². The molecule has 0 saturated heterocycles. The summed E-state index contributed by atoms with van der Waals surface area (Å²) in [5.41, 5.74) is 6.50. The first kappa shape index (κ1) is 18.9. The molecule has 2 aromatic carbocycles. The molecule has 0 unspecified atom stereocenters. The molecule has 0 saturated carbocycles. The van der Waals surface area contributed by atoms with Crippen LogP contribution in [0.25, 0.3) is 5.69 Å². The van der Waals surface area contributed by atoms with Gasteiger partial charge >= 0.3 is 5.97 Å². The maximum Gasteiger partial charge on any atom is 0.337 e. The number of methoxy groups -OCH3 is 1. The van der Waals surface area contributed by atoms with Crippen LogP contribution in [0.1, 0.15) is 32.9 Å². The van der Waals surface area contributed by atoms with Crippen molar-refractivity contribution in [1.29, 1.82) is 0 Å². The monoisotopic (exact) mass is 380 g/mol. The molecule has 3 rings (SSSR count). The van der Waals surface area contributed by atoms with Gasteiger partial charge in [-0.3, -0.25) is 4.99 Å². The zero-order valence-corrected chi connectivity index (χ0v) is 16.5. The van der Waals surface area contributed by atoms with Crippen molar-refractivity contribution in [2.75, 3.05) is 7.11 Å². The van der Waals surface area contributed by atoms with E-state index in [1.54, 1.807) is 12.1 Å². The van der Waals surface area contributed by atoms with Gasteiger partial charge in [-0.25, -0.2) is 4.79 Å². The maximum absolute atomic E-state index is 11.6. The number of rotatable bonds is 4.